The maximum Gasteiger partial charge on any atom is 0.0104 e. The van der Waals surface area contributed by atoms with Crippen LogP contribution in [0.15, 0.2) is 23.1 Å². The molecule has 0 spiro atoms. The minimum atomic E-state index is 0.620. The first-order valence-electron chi connectivity index (χ1n) is 5.49. The van der Waals surface area contributed by atoms with Crippen LogP contribution in [-0.4, -0.2) is 11.5 Å². The molecule has 0 atom stereocenters. The van der Waals surface area contributed by atoms with Gasteiger partial charge in [-0.3, -0.25) is 0 Å². The number of benzene rings is 1. The average molecular weight is 240 g/mol. The first-order chi connectivity index (χ1) is 7.15. The molecule has 0 nitrogen and oxygen atoms in total. The first kappa shape index (κ1) is 13.0. The normalized spacial score (nSPS) is 11.0. The molecule has 0 saturated heterocycles. The first-order valence-corrected chi connectivity index (χ1v) is 7.11. The highest BCUT2D eigenvalue weighted by Crippen LogP contribution is 2.27. The van der Waals surface area contributed by atoms with E-state index in [1.165, 1.54) is 28.2 Å². The molecule has 0 aliphatic carbocycles. The topological polar surface area (TPSA) is 0 Å². The molecule has 0 fully saturated rings. The third kappa shape index (κ3) is 4.12. The van der Waals surface area contributed by atoms with E-state index in [1.807, 2.05) is 11.8 Å². The highest BCUT2D eigenvalue weighted by Gasteiger charge is 2.03. The molecule has 0 saturated carbocycles. The van der Waals surface area contributed by atoms with Crippen LogP contribution in [0.5, 0.6) is 0 Å². The zero-order valence-electron chi connectivity index (χ0n) is 9.79. The summed E-state index contributed by atoms with van der Waals surface area (Å²) in [6, 6.07) is 6.81. The van der Waals surface area contributed by atoms with Gasteiger partial charge in [0.15, 0.2) is 0 Å². The Hall–Kier alpha value is -0.0800. The second-order valence-electron chi connectivity index (χ2n) is 4.11. The minimum absolute atomic E-state index is 0.620. The van der Waals surface area contributed by atoms with E-state index in [4.69, 9.17) is 0 Å². The summed E-state index contributed by atoms with van der Waals surface area (Å²) < 4.78 is 0. The van der Waals surface area contributed by atoms with Crippen molar-refractivity contribution in [3.05, 3.63) is 29.3 Å². The van der Waals surface area contributed by atoms with Crippen LogP contribution in [0.2, 0.25) is 0 Å². The van der Waals surface area contributed by atoms with E-state index in [9.17, 15) is 0 Å². The van der Waals surface area contributed by atoms with Crippen LogP contribution in [0.3, 0.4) is 0 Å². The van der Waals surface area contributed by atoms with Crippen LogP contribution in [-0.2, 0) is 0 Å². The van der Waals surface area contributed by atoms with Gasteiger partial charge in [-0.05, 0) is 48.0 Å². The van der Waals surface area contributed by atoms with Crippen LogP contribution >= 0.6 is 24.4 Å². The highest BCUT2D eigenvalue weighted by molar-refractivity contribution is 7.99. The largest absolute Gasteiger partial charge is 0.179 e. The van der Waals surface area contributed by atoms with Crippen molar-refractivity contribution in [1.82, 2.24) is 0 Å². The molecule has 0 aliphatic heterocycles. The minimum Gasteiger partial charge on any atom is -0.179 e. The standard InChI is InChI=1S/C13H20S2/c1-10(2)12-6-5-11(3)13(9-12)15-8-4-7-14/h5-6,9-10,14H,4,7-8H2,1-3H3. The van der Waals surface area contributed by atoms with E-state index in [-0.39, 0.29) is 0 Å². The van der Waals surface area contributed by atoms with E-state index in [0.29, 0.717) is 5.92 Å². The lowest BCUT2D eigenvalue weighted by molar-refractivity contribution is 0.860. The van der Waals surface area contributed by atoms with Gasteiger partial charge in [0.25, 0.3) is 0 Å². The van der Waals surface area contributed by atoms with Gasteiger partial charge in [0.05, 0.1) is 0 Å². The number of hydrogen-bond acceptors (Lipinski definition) is 2. The molecule has 0 aliphatic rings. The van der Waals surface area contributed by atoms with E-state index >= 15 is 0 Å². The number of thioether (sulfide) groups is 1. The Kier molecular flexibility index (Phi) is 5.62. The van der Waals surface area contributed by atoms with Gasteiger partial charge >= 0.3 is 0 Å². The van der Waals surface area contributed by atoms with Gasteiger partial charge in [0, 0.05) is 4.90 Å². The van der Waals surface area contributed by atoms with Crippen molar-refractivity contribution in [1.29, 1.82) is 0 Å². The van der Waals surface area contributed by atoms with Crippen LogP contribution < -0.4 is 0 Å². The smallest absolute Gasteiger partial charge is 0.0104 e. The Morgan fingerprint density at radius 3 is 2.67 bits per heavy atom. The Balaban J connectivity index is 2.72. The molecule has 0 radical (unpaired) electrons. The van der Waals surface area contributed by atoms with Gasteiger partial charge in [-0.2, -0.15) is 12.6 Å². The van der Waals surface area contributed by atoms with Crippen molar-refractivity contribution in [2.75, 3.05) is 11.5 Å². The maximum absolute atomic E-state index is 4.23. The zero-order chi connectivity index (χ0) is 11.3. The summed E-state index contributed by atoms with van der Waals surface area (Å²) in [5, 5.41) is 0. The predicted molar refractivity (Wildman–Crippen MR) is 74.5 cm³/mol. The van der Waals surface area contributed by atoms with Gasteiger partial charge in [-0.15, -0.1) is 11.8 Å². The summed E-state index contributed by atoms with van der Waals surface area (Å²) in [6.07, 6.45) is 1.18. The van der Waals surface area contributed by atoms with Crippen molar-refractivity contribution in [2.24, 2.45) is 0 Å². The Morgan fingerprint density at radius 1 is 1.33 bits per heavy atom. The summed E-state index contributed by atoms with van der Waals surface area (Å²) in [4.78, 5) is 1.43. The third-order valence-corrected chi connectivity index (χ3v) is 4.00. The lowest BCUT2D eigenvalue weighted by atomic mass is 10.0. The Bertz CT molecular complexity index is 305. The second kappa shape index (κ2) is 6.49. The van der Waals surface area contributed by atoms with Crippen molar-refractivity contribution < 1.29 is 0 Å². The Morgan fingerprint density at radius 2 is 2.07 bits per heavy atom. The lowest BCUT2D eigenvalue weighted by Gasteiger charge is -2.10. The second-order valence-corrected chi connectivity index (χ2v) is 5.69. The maximum atomic E-state index is 4.23. The molecule has 1 aromatic carbocycles. The van der Waals surface area contributed by atoms with Crippen molar-refractivity contribution >= 4 is 24.4 Å². The van der Waals surface area contributed by atoms with Crippen LogP contribution in [0.25, 0.3) is 0 Å². The van der Waals surface area contributed by atoms with E-state index in [2.05, 4.69) is 51.6 Å². The fraction of sp³-hybridized carbons (Fsp3) is 0.538. The summed E-state index contributed by atoms with van der Waals surface area (Å²) in [7, 11) is 0. The van der Waals surface area contributed by atoms with Crippen LogP contribution in [0, 0.1) is 6.92 Å². The molecule has 0 bridgehead atoms. The molecule has 2 heteroatoms. The molecule has 0 aromatic heterocycles. The predicted octanol–water partition coefficient (Wildman–Crippen LogP) is 4.53. The SMILES string of the molecule is Cc1ccc(C(C)C)cc1SCCCS. The molecule has 1 aromatic rings. The number of aryl methyl sites for hydroxylation is 1. The van der Waals surface area contributed by atoms with E-state index in [0.717, 1.165) is 5.75 Å². The summed E-state index contributed by atoms with van der Waals surface area (Å²) in [6.45, 7) is 6.67. The average Bonchev–Trinajstić information content (AvgIpc) is 2.20. The highest BCUT2D eigenvalue weighted by atomic mass is 32.2. The summed E-state index contributed by atoms with van der Waals surface area (Å²) in [5.41, 5.74) is 2.83. The molecule has 0 unspecified atom stereocenters. The van der Waals surface area contributed by atoms with Gasteiger partial charge in [0.1, 0.15) is 0 Å². The molecule has 0 heterocycles. The molecule has 84 valence electrons. The number of hydrogen-bond donors (Lipinski definition) is 1. The van der Waals surface area contributed by atoms with Gasteiger partial charge in [-0.25, -0.2) is 0 Å². The van der Waals surface area contributed by atoms with E-state index in [1.54, 1.807) is 0 Å². The molecule has 0 amide bonds. The van der Waals surface area contributed by atoms with Crippen molar-refractivity contribution in [3.8, 4) is 0 Å². The molecular weight excluding hydrogens is 220 g/mol. The number of rotatable bonds is 5. The number of thiol groups is 1. The molecular formula is C13H20S2. The van der Waals surface area contributed by atoms with Crippen LogP contribution in [0.1, 0.15) is 37.3 Å². The zero-order valence-corrected chi connectivity index (χ0v) is 11.5. The monoisotopic (exact) mass is 240 g/mol. The van der Waals surface area contributed by atoms with Gasteiger partial charge in [0.2, 0.25) is 0 Å². The lowest BCUT2D eigenvalue weighted by Crippen LogP contribution is -1.90. The Labute approximate surface area is 103 Å². The van der Waals surface area contributed by atoms with Gasteiger partial charge < -0.3 is 0 Å². The summed E-state index contributed by atoms with van der Waals surface area (Å²) >= 11 is 6.19. The van der Waals surface area contributed by atoms with E-state index < -0.39 is 0 Å². The fourth-order valence-electron chi connectivity index (χ4n) is 1.38. The van der Waals surface area contributed by atoms with Crippen LogP contribution in [0.4, 0.5) is 0 Å². The third-order valence-electron chi connectivity index (χ3n) is 2.44. The summed E-state index contributed by atoms with van der Waals surface area (Å²) in [5.74, 6) is 2.77. The molecule has 0 N–H and O–H groups in total. The molecule has 1 rings (SSSR count). The quantitative estimate of drug-likeness (QED) is 0.448. The molecule has 15 heavy (non-hydrogen) atoms. The van der Waals surface area contributed by atoms with Crippen molar-refractivity contribution in [2.45, 2.75) is 38.0 Å². The van der Waals surface area contributed by atoms with Gasteiger partial charge in [-0.1, -0.05) is 26.0 Å². The van der Waals surface area contributed by atoms with Crippen molar-refractivity contribution in [3.63, 3.8) is 0 Å². The fourth-order valence-corrected chi connectivity index (χ4v) is 2.77.